The van der Waals surface area contributed by atoms with Gasteiger partial charge in [-0.25, -0.2) is 0 Å². The Hall–Kier alpha value is -1.46. The van der Waals surface area contributed by atoms with E-state index in [0.717, 1.165) is 6.26 Å². The van der Waals surface area contributed by atoms with Gasteiger partial charge in [-0.05, 0) is 26.0 Å². The molecule has 1 aromatic heterocycles. The molecular formula is C14H17O6P. The largest absolute Gasteiger partial charge is 0.464 e. The first-order chi connectivity index (χ1) is 10.0. The van der Waals surface area contributed by atoms with Crippen LogP contribution in [0, 0.1) is 0 Å². The van der Waals surface area contributed by atoms with Crippen molar-refractivity contribution >= 4 is 18.6 Å². The number of para-hydroxylation sites is 1. The van der Waals surface area contributed by atoms with Crippen LogP contribution >= 0.6 is 7.60 Å². The first-order valence-electron chi connectivity index (χ1n) is 6.60. The monoisotopic (exact) mass is 312 g/mol. The van der Waals surface area contributed by atoms with Crippen molar-refractivity contribution in [3.8, 4) is 0 Å². The fourth-order valence-electron chi connectivity index (χ4n) is 1.98. The zero-order chi connectivity index (χ0) is 15.5. The molecule has 0 spiro atoms. The highest BCUT2D eigenvalue weighted by Crippen LogP contribution is 2.59. The van der Waals surface area contributed by atoms with Crippen molar-refractivity contribution in [2.24, 2.45) is 0 Å². The topological polar surface area (TPSA) is 86.0 Å². The molecule has 0 saturated carbocycles. The van der Waals surface area contributed by atoms with Crippen LogP contribution in [0.5, 0.6) is 0 Å². The summed E-state index contributed by atoms with van der Waals surface area (Å²) >= 11 is 0. The van der Waals surface area contributed by atoms with Gasteiger partial charge >= 0.3 is 7.60 Å². The number of hydrogen-bond donors (Lipinski definition) is 1. The maximum atomic E-state index is 12.5. The van der Waals surface area contributed by atoms with E-state index in [2.05, 4.69) is 0 Å². The Morgan fingerprint density at radius 1 is 1.24 bits per heavy atom. The van der Waals surface area contributed by atoms with Crippen molar-refractivity contribution in [1.82, 2.24) is 0 Å². The zero-order valence-corrected chi connectivity index (χ0v) is 12.7. The molecule has 0 fully saturated rings. The Labute approximate surface area is 121 Å². The summed E-state index contributed by atoms with van der Waals surface area (Å²) in [5.74, 6) is -1.68. The SMILES string of the molecule is CCOP(=O)(OCC)C(O)c1coc2ccccc2c1=O. The average Bonchev–Trinajstić information content (AvgIpc) is 2.48. The van der Waals surface area contributed by atoms with E-state index in [9.17, 15) is 14.5 Å². The molecule has 2 rings (SSSR count). The maximum absolute atomic E-state index is 12.5. The van der Waals surface area contributed by atoms with Gasteiger partial charge in [0.1, 0.15) is 11.8 Å². The lowest BCUT2D eigenvalue weighted by molar-refractivity contribution is 0.148. The first kappa shape index (κ1) is 15.9. The van der Waals surface area contributed by atoms with E-state index in [1.54, 1.807) is 38.1 Å². The highest BCUT2D eigenvalue weighted by atomic mass is 31.2. The van der Waals surface area contributed by atoms with Gasteiger partial charge in [0.05, 0.1) is 24.2 Å². The minimum Gasteiger partial charge on any atom is -0.464 e. The predicted molar refractivity (Wildman–Crippen MR) is 78.3 cm³/mol. The van der Waals surface area contributed by atoms with E-state index in [0.29, 0.717) is 11.0 Å². The minimum atomic E-state index is -3.84. The molecule has 21 heavy (non-hydrogen) atoms. The van der Waals surface area contributed by atoms with Gasteiger partial charge in [-0.2, -0.15) is 0 Å². The van der Waals surface area contributed by atoms with Crippen LogP contribution in [0.15, 0.2) is 39.7 Å². The summed E-state index contributed by atoms with van der Waals surface area (Å²) in [6, 6.07) is 6.62. The second-order valence-corrected chi connectivity index (χ2v) is 6.35. The van der Waals surface area contributed by atoms with Gasteiger partial charge in [-0.15, -0.1) is 0 Å². The van der Waals surface area contributed by atoms with Gasteiger partial charge in [0.15, 0.2) is 11.3 Å². The smallest absolute Gasteiger partial charge is 0.363 e. The van der Waals surface area contributed by atoms with E-state index >= 15 is 0 Å². The molecule has 114 valence electrons. The standard InChI is InChI=1S/C14H17O6P/c1-3-19-21(17,20-4-2)14(16)11-9-18-12-8-6-5-7-10(12)13(11)15/h5-9,14,16H,3-4H2,1-2H3. The first-order valence-corrected chi connectivity index (χ1v) is 8.22. The Bertz CT molecular complexity index is 713. The summed E-state index contributed by atoms with van der Waals surface area (Å²) in [6.07, 6.45) is 1.10. The van der Waals surface area contributed by atoms with Crippen molar-refractivity contribution in [2.45, 2.75) is 19.7 Å². The van der Waals surface area contributed by atoms with E-state index in [-0.39, 0.29) is 18.8 Å². The highest BCUT2D eigenvalue weighted by Gasteiger charge is 2.37. The van der Waals surface area contributed by atoms with Crippen molar-refractivity contribution in [3.63, 3.8) is 0 Å². The average molecular weight is 312 g/mol. The van der Waals surface area contributed by atoms with E-state index in [1.807, 2.05) is 0 Å². The van der Waals surface area contributed by atoms with Crippen LogP contribution in [0.1, 0.15) is 25.3 Å². The molecule has 1 N–H and O–H groups in total. The molecule has 0 bridgehead atoms. The molecule has 7 heteroatoms. The van der Waals surface area contributed by atoms with E-state index in [4.69, 9.17) is 13.5 Å². The van der Waals surface area contributed by atoms with E-state index < -0.39 is 18.9 Å². The van der Waals surface area contributed by atoms with Gasteiger partial charge < -0.3 is 18.6 Å². The Kier molecular flexibility index (Phi) is 4.96. The molecule has 0 aliphatic rings. The van der Waals surface area contributed by atoms with E-state index in [1.165, 1.54) is 0 Å². The molecule has 0 radical (unpaired) electrons. The maximum Gasteiger partial charge on any atom is 0.363 e. The number of aliphatic hydroxyl groups is 1. The van der Waals surface area contributed by atoms with Gasteiger partial charge in [0.2, 0.25) is 0 Å². The summed E-state index contributed by atoms with van der Waals surface area (Å²) < 4.78 is 27.9. The van der Waals surface area contributed by atoms with Crippen LogP contribution in [-0.4, -0.2) is 18.3 Å². The quantitative estimate of drug-likeness (QED) is 0.825. The normalized spacial score (nSPS) is 13.5. The summed E-state index contributed by atoms with van der Waals surface area (Å²) in [5, 5.41) is 10.6. The van der Waals surface area contributed by atoms with Crippen LogP contribution in [-0.2, 0) is 13.6 Å². The van der Waals surface area contributed by atoms with Crippen LogP contribution in [0.4, 0.5) is 0 Å². The summed E-state index contributed by atoms with van der Waals surface area (Å²) in [5.41, 5.74) is -0.205. The summed E-state index contributed by atoms with van der Waals surface area (Å²) in [7, 11) is -3.84. The third-order valence-electron chi connectivity index (χ3n) is 2.90. The number of benzene rings is 1. The van der Waals surface area contributed by atoms with Crippen molar-refractivity contribution in [3.05, 3.63) is 46.3 Å². The third-order valence-corrected chi connectivity index (χ3v) is 5.02. The number of fused-ring (bicyclic) bond motifs is 1. The Morgan fingerprint density at radius 3 is 2.48 bits per heavy atom. The molecule has 0 aliphatic carbocycles. The van der Waals surface area contributed by atoms with Gasteiger partial charge in [0, 0.05) is 0 Å². The predicted octanol–water partition coefficient (Wildman–Crippen LogP) is 3.05. The fraction of sp³-hybridized carbons (Fsp3) is 0.357. The molecule has 1 atom stereocenters. The fourth-order valence-corrected chi connectivity index (χ4v) is 3.58. The number of aliphatic hydroxyl groups excluding tert-OH is 1. The molecular weight excluding hydrogens is 295 g/mol. The molecule has 1 unspecified atom stereocenters. The van der Waals surface area contributed by atoms with Gasteiger partial charge in [-0.3, -0.25) is 9.36 Å². The van der Waals surface area contributed by atoms with Crippen molar-refractivity contribution in [1.29, 1.82) is 0 Å². The second-order valence-electron chi connectivity index (χ2n) is 4.27. The molecule has 1 aromatic carbocycles. The lowest BCUT2D eigenvalue weighted by Gasteiger charge is -2.21. The number of hydrogen-bond acceptors (Lipinski definition) is 6. The molecule has 0 aliphatic heterocycles. The highest BCUT2D eigenvalue weighted by molar-refractivity contribution is 7.54. The molecule has 0 amide bonds. The third kappa shape index (κ3) is 3.09. The Balaban J connectivity index is 2.52. The molecule has 0 saturated heterocycles. The summed E-state index contributed by atoms with van der Waals surface area (Å²) in [6.45, 7) is 3.43. The molecule has 1 heterocycles. The lowest BCUT2D eigenvalue weighted by atomic mass is 10.2. The molecule has 6 nitrogen and oxygen atoms in total. The van der Waals surface area contributed by atoms with Gasteiger partial charge in [-0.1, -0.05) is 12.1 Å². The van der Waals surface area contributed by atoms with Crippen LogP contribution in [0.25, 0.3) is 11.0 Å². The number of rotatable bonds is 6. The van der Waals surface area contributed by atoms with Crippen LogP contribution < -0.4 is 5.43 Å². The van der Waals surface area contributed by atoms with Crippen molar-refractivity contribution < 1.29 is 23.1 Å². The van der Waals surface area contributed by atoms with Crippen molar-refractivity contribution in [2.75, 3.05) is 13.2 Å². The molecule has 2 aromatic rings. The Morgan fingerprint density at radius 2 is 1.86 bits per heavy atom. The minimum absolute atomic E-state index is 0.0905. The zero-order valence-electron chi connectivity index (χ0n) is 11.8. The second kappa shape index (κ2) is 6.54. The van der Waals surface area contributed by atoms with Crippen LogP contribution in [0.2, 0.25) is 0 Å². The summed E-state index contributed by atoms with van der Waals surface area (Å²) in [4.78, 5) is 12.4. The van der Waals surface area contributed by atoms with Crippen LogP contribution in [0.3, 0.4) is 0 Å². The lowest BCUT2D eigenvalue weighted by Crippen LogP contribution is -2.15. The van der Waals surface area contributed by atoms with Gasteiger partial charge in [0.25, 0.3) is 0 Å².